The lowest BCUT2D eigenvalue weighted by Crippen LogP contribution is -2.30. The first kappa shape index (κ1) is 19.4. The molecule has 2 heterocycles. The van der Waals surface area contributed by atoms with E-state index in [1.165, 1.54) is 11.8 Å². The molecule has 4 N–H and O–H groups in total. The van der Waals surface area contributed by atoms with Crippen molar-refractivity contribution in [1.82, 2.24) is 19.5 Å². The van der Waals surface area contributed by atoms with E-state index in [4.69, 9.17) is 5.73 Å². The standard InChI is InChI=1S/C19H26N6OS/c1-11(2)15(9-26)22-19-23-17-16(21-10-25(17)12(3)4)18(24-19)27-14-7-5-6-13(20)8-14/h5-8,10-12,15,26H,9,20H2,1-4H3,(H,22,23,24). The van der Waals surface area contributed by atoms with Crippen LogP contribution in [0.3, 0.4) is 0 Å². The van der Waals surface area contributed by atoms with E-state index < -0.39 is 0 Å². The van der Waals surface area contributed by atoms with Crippen LogP contribution < -0.4 is 11.1 Å². The summed E-state index contributed by atoms with van der Waals surface area (Å²) in [6, 6.07) is 7.78. The lowest BCUT2D eigenvalue weighted by Gasteiger charge is -2.20. The van der Waals surface area contributed by atoms with Gasteiger partial charge < -0.3 is 20.7 Å². The van der Waals surface area contributed by atoms with Gasteiger partial charge in [0.15, 0.2) is 5.65 Å². The van der Waals surface area contributed by atoms with Gasteiger partial charge in [0.2, 0.25) is 5.95 Å². The second kappa shape index (κ2) is 8.14. The molecule has 0 spiro atoms. The highest BCUT2D eigenvalue weighted by atomic mass is 32.2. The molecule has 8 heteroatoms. The number of nitrogen functional groups attached to an aromatic ring is 1. The number of aliphatic hydroxyl groups is 1. The Balaban J connectivity index is 2.07. The SMILES string of the molecule is CC(C)C(CO)Nc1nc(Sc2cccc(N)c2)c2ncn(C(C)C)c2n1. The molecule has 144 valence electrons. The van der Waals surface area contributed by atoms with E-state index in [-0.39, 0.29) is 24.6 Å². The predicted octanol–water partition coefficient (Wildman–Crippen LogP) is 3.57. The number of rotatable bonds is 7. The number of aliphatic hydroxyl groups excluding tert-OH is 1. The smallest absolute Gasteiger partial charge is 0.226 e. The van der Waals surface area contributed by atoms with Gasteiger partial charge in [-0.1, -0.05) is 31.7 Å². The van der Waals surface area contributed by atoms with E-state index in [1.807, 2.05) is 42.7 Å². The molecular formula is C19H26N6OS. The van der Waals surface area contributed by atoms with E-state index in [1.54, 1.807) is 6.33 Å². The Bertz CT molecular complexity index is 924. The van der Waals surface area contributed by atoms with E-state index in [0.717, 1.165) is 21.1 Å². The Labute approximate surface area is 163 Å². The number of nitrogens with zero attached hydrogens (tertiary/aromatic N) is 4. The van der Waals surface area contributed by atoms with Crippen molar-refractivity contribution in [2.45, 2.75) is 49.7 Å². The third kappa shape index (κ3) is 4.33. The van der Waals surface area contributed by atoms with Crippen molar-refractivity contribution in [3.05, 3.63) is 30.6 Å². The predicted molar refractivity (Wildman–Crippen MR) is 110 cm³/mol. The Morgan fingerprint density at radius 2 is 2.00 bits per heavy atom. The fourth-order valence-electron chi connectivity index (χ4n) is 2.68. The minimum absolute atomic E-state index is 0.0141. The van der Waals surface area contributed by atoms with E-state index in [0.29, 0.717) is 11.6 Å². The molecule has 1 atom stereocenters. The van der Waals surface area contributed by atoms with Crippen molar-refractivity contribution >= 4 is 34.6 Å². The summed E-state index contributed by atoms with van der Waals surface area (Å²) in [4.78, 5) is 14.9. The van der Waals surface area contributed by atoms with Gasteiger partial charge >= 0.3 is 0 Å². The minimum Gasteiger partial charge on any atom is -0.399 e. The molecule has 0 saturated heterocycles. The lowest BCUT2D eigenvalue weighted by atomic mass is 10.1. The first-order valence-electron chi connectivity index (χ1n) is 9.04. The van der Waals surface area contributed by atoms with Crippen LogP contribution >= 0.6 is 11.8 Å². The molecule has 0 aliphatic carbocycles. The minimum atomic E-state index is -0.122. The van der Waals surface area contributed by atoms with Crippen LogP contribution in [0.15, 0.2) is 40.5 Å². The summed E-state index contributed by atoms with van der Waals surface area (Å²) in [6.07, 6.45) is 1.79. The molecule has 1 aromatic carbocycles. The summed E-state index contributed by atoms with van der Waals surface area (Å²) < 4.78 is 2.02. The Morgan fingerprint density at radius 3 is 2.63 bits per heavy atom. The van der Waals surface area contributed by atoms with Crippen molar-refractivity contribution in [3.8, 4) is 0 Å². The van der Waals surface area contributed by atoms with Crippen molar-refractivity contribution in [1.29, 1.82) is 0 Å². The second-order valence-corrected chi connectivity index (χ2v) is 8.18. The fraction of sp³-hybridized carbons (Fsp3) is 0.421. The first-order chi connectivity index (χ1) is 12.9. The molecule has 0 aliphatic rings. The summed E-state index contributed by atoms with van der Waals surface area (Å²) in [7, 11) is 0. The summed E-state index contributed by atoms with van der Waals surface area (Å²) in [5.41, 5.74) is 8.14. The number of benzene rings is 1. The number of nitrogens with two attached hydrogens (primary N) is 1. The van der Waals surface area contributed by atoms with Crippen molar-refractivity contribution in [2.24, 2.45) is 5.92 Å². The summed E-state index contributed by atoms with van der Waals surface area (Å²) in [5, 5.41) is 13.7. The highest BCUT2D eigenvalue weighted by Gasteiger charge is 2.19. The van der Waals surface area contributed by atoms with Crippen LogP contribution in [0.4, 0.5) is 11.6 Å². The average Bonchev–Trinajstić information content (AvgIpc) is 3.04. The molecule has 0 fully saturated rings. The van der Waals surface area contributed by atoms with Crippen molar-refractivity contribution in [2.75, 3.05) is 17.7 Å². The Hall–Kier alpha value is -2.32. The third-order valence-electron chi connectivity index (χ3n) is 4.33. The zero-order valence-electron chi connectivity index (χ0n) is 16.0. The number of hydrogen-bond acceptors (Lipinski definition) is 7. The number of imidazole rings is 1. The second-order valence-electron chi connectivity index (χ2n) is 7.12. The van der Waals surface area contributed by atoms with Crippen molar-refractivity contribution < 1.29 is 5.11 Å². The summed E-state index contributed by atoms with van der Waals surface area (Å²) >= 11 is 1.50. The van der Waals surface area contributed by atoms with E-state index in [9.17, 15) is 5.11 Å². The van der Waals surface area contributed by atoms with E-state index in [2.05, 4.69) is 34.1 Å². The highest BCUT2D eigenvalue weighted by molar-refractivity contribution is 7.99. The molecule has 3 rings (SSSR count). The van der Waals surface area contributed by atoms with Crippen LogP contribution in [0.1, 0.15) is 33.7 Å². The summed E-state index contributed by atoms with van der Waals surface area (Å²) in [5.74, 6) is 0.735. The molecule has 0 aliphatic heterocycles. The number of anilines is 2. The number of nitrogens with one attached hydrogen (secondary N) is 1. The number of hydrogen-bond donors (Lipinski definition) is 3. The Kier molecular flexibility index (Phi) is 5.86. The lowest BCUT2D eigenvalue weighted by molar-refractivity contribution is 0.248. The maximum atomic E-state index is 9.65. The quantitative estimate of drug-likeness (QED) is 0.421. The highest BCUT2D eigenvalue weighted by Crippen LogP contribution is 2.33. The molecule has 0 saturated carbocycles. The maximum Gasteiger partial charge on any atom is 0.226 e. The van der Waals surface area contributed by atoms with Crippen LogP contribution in [0.5, 0.6) is 0 Å². The molecule has 0 bridgehead atoms. The van der Waals surface area contributed by atoms with Gasteiger partial charge in [-0.05, 0) is 38.0 Å². The zero-order chi connectivity index (χ0) is 19.6. The topological polar surface area (TPSA) is 102 Å². The number of aromatic nitrogens is 4. The van der Waals surface area contributed by atoms with Crippen molar-refractivity contribution in [3.63, 3.8) is 0 Å². The zero-order valence-corrected chi connectivity index (χ0v) is 16.9. The van der Waals surface area contributed by atoms with Crippen LogP contribution in [-0.2, 0) is 0 Å². The third-order valence-corrected chi connectivity index (χ3v) is 5.30. The molecule has 27 heavy (non-hydrogen) atoms. The van der Waals surface area contributed by atoms with E-state index >= 15 is 0 Å². The van der Waals surface area contributed by atoms with Gasteiger partial charge in [0.25, 0.3) is 0 Å². The van der Waals surface area contributed by atoms with Gasteiger partial charge in [-0.15, -0.1) is 0 Å². The molecule has 0 amide bonds. The van der Waals surface area contributed by atoms with Gasteiger partial charge in [0, 0.05) is 16.6 Å². The van der Waals surface area contributed by atoms with Gasteiger partial charge in [-0.2, -0.15) is 4.98 Å². The molecule has 2 aromatic heterocycles. The fourth-order valence-corrected chi connectivity index (χ4v) is 3.62. The van der Waals surface area contributed by atoms with Crippen LogP contribution in [0, 0.1) is 5.92 Å². The van der Waals surface area contributed by atoms with Gasteiger partial charge in [0.05, 0.1) is 19.0 Å². The van der Waals surface area contributed by atoms with Crippen LogP contribution in [0.25, 0.3) is 11.2 Å². The summed E-state index contributed by atoms with van der Waals surface area (Å²) in [6.45, 7) is 8.29. The van der Waals surface area contributed by atoms with Gasteiger partial charge in [0.1, 0.15) is 10.5 Å². The maximum absolute atomic E-state index is 9.65. The number of fused-ring (bicyclic) bond motifs is 1. The van der Waals surface area contributed by atoms with Crippen LogP contribution in [-0.4, -0.2) is 37.3 Å². The monoisotopic (exact) mass is 386 g/mol. The molecule has 7 nitrogen and oxygen atoms in total. The van der Waals surface area contributed by atoms with Gasteiger partial charge in [-0.25, -0.2) is 9.97 Å². The van der Waals surface area contributed by atoms with Crippen LogP contribution in [0.2, 0.25) is 0 Å². The average molecular weight is 387 g/mol. The molecule has 0 radical (unpaired) electrons. The van der Waals surface area contributed by atoms with Gasteiger partial charge in [-0.3, -0.25) is 0 Å². The first-order valence-corrected chi connectivity index (χ1v) is 9.86. The molecule has 1 unspecified atom stereocenters. The molecular weight excluding hydrogens is 360 g/mol. The Morgan fingerprint density at radius 1 is 1.22 bits per heavy atom. The molecule has 3 aromatic rings. The normalized spacial score (nSPS) is 12.9. The largest absolute Gasteiger partial charge is 0.399 e.